The van der Waals surface area contributed by atoms with Crippen LogP contribution in [-0.2, 0) is 21.7 Å². The SMILES string of the molecule is CC1(C)c2ccccc2-c2ccc(N(c3ccc4c(c3)C(c3ccccc3)(c3ccccc3)c3ccccc3-4)c3ccc4c(c3)C(c3ccccc3)(c3ccccc3)c3ccc(-c5cccc(-c6ccc(-c7ccc(N(c8ccc9c(c8)C(c8ccccc8)(c8ccccc8)c8ccccc8-9)c8ccccc8-c8ccccc8)cc7)cc6)c5)cc3-4)cc21. The summed E-state index contributed by atoms with van der Waals surface area (Å²) in [7, 11) is 0. The fraction of sp³-hybridized carbons (Fsp3) is 0.0500. The van der Waals surface area contributed by atoms with Crippen LogP contribution in [0.15, 0.2) is 473 Å². The van der Waals surface area contributed by atoms with Gasteiger partial charge in [0.25, 0.3) is 0 Å². The number of anilines is 6. The van der Waals surface area contributed by atoms with Crippen LogP contribution >= 0.6 is 0 Å². The number of fused-ring (bicyclic) bond motifs is 12. The molecule has 0 N–H and O–H groups in total. The molecule has 23 rings (SSSR count). The van der Waals surface area contributed by atoms with E-state index in [1.165, 1.54) is 122 Å². The quantitative estimate of drug-likeness (QED) is 0.0951. The van der Waals surface area contributed by atoms with E-state index in [1.807, 2.05) is 0 Å². The van der Waals surface area contributed by atoms with Crippen LogP contribution in [0, 0.1) is 0 Å². The smallest absolute Gasteiger partial charge is 0.0714 e. The standard InChI is InChI=1S/C120H84N2/c1-117(2)108-53-28-24-50-100(108)103-70-66-95(77-112(103)117)121(96-67-71-104-101-51-25-29-54-109(101)118(113(104)78-96,88-37-12-4-13-38-88)89-39-14-5-15-40-89)97-68-73-106-107-76-87(63-74-111(107)120(115(106)79-97,92-45-20-8-21-46-92)93-47-22-9-23-48-93)86-36-32-35-85(75-86)83-59-57-81(58-60-83)82-61-64-94(65-62-82)122(116-56-31-27-49-99(116)84-33-10-3-11-34-84)98-69-72-105-102-52-26-30-55-110(102)119(114(105)80-98,90-41-16-6-17-42-90)91-43-18-7-19-44-91/h3-80H,1-2H3. The highest BCUT2D eigenvalue weighted by Crippen LogP contribution is 2.63. The zero-order valence-corrected chi connectivity index (χ0v) is 67.9. The van der Waals surface area contributed by atoms with Gasteiger partial charge in [0, 0.05) is 39.4 Å². The lowest BCUT2D eigenvalue weighted by atomic mass is 9.67. The Labute approximate surface area is 714 Å². The van der Waals surface area contributed by atoms with Crippen molar-refractivity contribution in [2.45, 2.75) is 35.5 Å². The van der Waals surface area contributed by atoms with Crippen molar-refractivity contribution < 1.29 is 0 Å². The molecular weight excluding hydrogens is 1470 g/mol. The van der Waals surface area contributed by atoms with Crippen LogP contribution in [0.5, 0.6) is 0 Å². The van der Waals surface area contributed by atoms with Gasteiger partial charge in [0.05, 0.1) is 21.9 Å². The van der Waals surface area contributed by atoms with Gasteiger partial charge in [-0.2, -0.15) is 0 Å². The van der Waals surface area contributed by atoms with Crippen molar-refractivity contribution in [3.63, 3.8) is 0 Å². The summed E-state index contributed by atoms with van der Waals surface area (Å²) < 4.78 is 0. The molecule has 0 radical (unpaired) electrons. The van der Waals surface area contributed by atoms with Gasteiger partial charge in [-0.3, -0.25) is 0 Å². The molecule has 0 spiro atoms. The molecule has 0 unspecified atom stereocenters. The van der Waals surface area contributed by atoms with E-state index in [1.54, 1.807) is 0 Å². The number of benzene rings is 19. The lowest BCUT2D eigenvalue weighted by Gasteiger charge is -2.36. The minimum absolute atomic E-state index is 0.235. The lowest BCUT2D eigenvalue weighted by Crippen LogP contribution is -2.29. The third kappa shape index (κ3) is 11.0. The summed E-state index contributed by atoms with van der Waals surface area (Å²) >= 11 is 0. The molecule has 4 aliphatic carbocycles. The Hall–Kier alpha value is -15.2. The van der Waals surface area contributed by atoms with Crippen LogP contribution < -0.4 is 9.80 Å². The zero-order valence-electron chi connectivity index (χ0n) is 67.9. The largest absolute Gasteiger partial charge is 0.310 e. The summed E-state index contributed by atoms with van der Waals surface area (Å²) in [5.41, 5.74) is 41.4. The summed E-state index contributed by atoms with van der Waals surface area (Å²) in [5, 5.41) is 0. The molecule has 2 nitrogen and oxygen atoms in total. The van der Waals surface area contributed by atoms with E-state index in [9.17, 15) is 0 Å². The van der Waals surface area contributed by atoms with E-state index < -0.39 is 16.2 Å². The number of rotatable bonds is 16. The maximum Gasteiger partial charge on any atom is 0.0714 e. The van der Waals surface area contributed by atoms with Crippen molar-refractivity contribution in [1.29, 1.82) is 0 Å². The first-order valence-electron chi connectivity index (χ1n) is 42.7. The molecule has 122 heavy (non-hydrogen) atoms. The Bertz CT molecular complexity index is 7120. The van der Waals surface area contributed by atoms with Crippen molar-refractivity contribution in [2.24, 2.45) is 0 Å². The first-order valence-corrected chi connectivity index (χ1v) is 42.7. The summed E-state index contributed by atoms with van der Waals surface area (Å²) in [6.07, 6.45) is 0. The van der Waals surface area contributed by atoms with E-state index >= 15 is 0 Å². The van der Waals surface area contributed by atoms with Crippen LogP contribution in [-0.4, -0.2) is 0 Å². The number of nitrogens with zero attached hydrogens (tertiary/aromatic N) is 2. The molecule has 2 heteroatoms. The maximum atomic E-state index is 2.56. The average molecular weight is 1550 g/mol. The Balaban J connectivity index is 0.624. The fourth-order valence-electron chi connectivity index (χ4n) is 21.7. The van der Waals surface area contributed by atoms with E-state index in [0.29, 0.717) is 0 Å². The van der Waals surface area contributed by atoms with Crippen LogP contribution in [0.3, 0.4) is 0 Å². The molecule has 0 fully saturated rings. The molecule has 0 bridgehead atoms. The van der Waals surface area contributed by atoms with Crippen molar-refractivity contribution >= 4 is 34.1 Å². The van der Waals surface area contributed by atoms with E-state index in [-0.39, 0.29) is 5.41 Å². The van der Waals surface area contributed by atoms with Crippen LogP contribution in [0.25, 0.3) is 89.0 Å². The number of para-hydroxylation sites is 1. The van der Waals surface area contributed by atoms with Gasteiger partial charge in [0.1, 0.15) is 0 Å². The Morgan fingerprint density at radius 1 is 0.148 bits per heavy atom. The van der Waals surface area contributed by atoms with Gasteiger partial charge in [-0.1, -0.05) is 408 Å². The molecule has 0 aromatic heterocycles. The summed E-state index contributed by atoms with van der Waals surface area (Å²) in [6.45, 7) is 4.79. The highest BCUT2D eigenvalue weighted by Gasteiger charge is 2.50. The second kappa shape index (κ2) is 28.8. The number of hydrogen-bond donors (Lipinski definition) is 0. The van der Waals surface area contributed by atoms with Gasteiger partial charge < -0.3 is 9.80 Å². The maximum absolute atomic E-state index is 2.56. The van der Waals surface area contributed by atoms with E-state index in [2.05, 4.69) is 497 Å². The molecule has 0 amide bonds. The first kappa shape index (κ1) is 72.0. The zero-order chi connectivity index (χ0) is 81.1. The molecule has 19 aromatic carbocycles. The average Bonchev–Trinajstić information content (AvgIpc) is 1.54. The van der Waals surface area contributed by atoms with Crippen LogP contribution in [0.1, 0.15) is 91.7 Å². The molecule has 0 aliphatic heterocycles. The third-order valence-electron chi connectivity index (χ3n) is 27.1. The van der Waals surface area contributed by atoms with Gasteiger partial charge >= 0.3 is 0 Å². The lowest BCUT2D eigenvalue weighted by molar-refractivity contribution is 0.660. The van der Waals surface area contributed by atoms with E-state index in [0.717, 1.165) is 78.6 Å². The molecule has 0 atom stereocenters. The van der Waals surface area contributed by atoms with Crippen molar-refractivity contribution in [3.8, 4) is 89.0 Å². The Kier molecular flexibility index (Phi) is 17.0. The Morgan fingerprint density at radius 3 is 0.852 bits per heavy atom. The highest BCUT2D eigenvalue weighted by molar-refractivity contribution is 5.97. The Morgan fingerprint density at radius 2 is 0.418 bits per heavy atom. The second-order valence-electron chi connectivity index (χ2n) is 33.6. The van der Waals surface area contributed by atoms with Gasteiger partial charge in [-0.05, 0) is 240 Å². The fourth-order valence-corrected chi connectivity index (χ4v) is 21.7. The molecule has 4 aliphatic rings. The van der Waals surface area contributed by atoms with Crippen LogP contribution in [0.2, 0.25) is 0 Å². The minimum atomic E-state index is -0.698. The predicted octanol–water partition coefficient (Wildman–Crippen LogP) is 30.7. The van der Waals surface area contributed by atoms with Gasteiger partial charge in [0.2, 0.25) is 0 Å². The van der Waals surface area contributed by atoms with E-state index in [4.69, 9.17) is 0 Å². The highest BCUT2D eigenvalue weighted by atomic mass is 15.2. The summed E-state index contributed by atoms with van der Waals surface area (Å²) in [6, 6.07) is 178. The topological polar surface area (TPSA) is 6.48 Å². The van der Waals surface area contributed by atoms with Crippen molar-refractivity contribution in [2.75, 3.05) is 9.80 Å². The molecule has 0 saturated carbocycles. The van der Waals surface area contributed by atoms with Crippen molar-refractivity contribution in [1.82, 2.24) is 0 Å². The molecule has 574 valence electrons. The van der Waals surface area contributed by atoms with Gasteiger partial charge in [-0.15, -0.1) is 0 Å². The molecular formula is C120H84N2. The molecule has 0 saturated heterocycles. The normalized spacial score (nSPS) is 13.9. The second-order valence-corrected chi connectivity index (χ2v) is 33.6. The van der Waals surface area contributed by atoms with Gasteiger partial charge in [0.15, 0.2) is 0 Å². The molecule has 0 heterocycles. The summed E-state index contributed by atoms with van der Waals surface area (Å²) in [4.78, 5) is 5.02. The third-order valence-corrected chi connectivity index (χ3v) is 27.1. The monoisotopic (exact) mass is 1550 g/mol. The molecule has 19 aromatic rings. The predicted molar refractivity (Wildman–Crippen MR) is 507 cm³/mol. The van der Waals surface area contributed by atoms with Crippen molar-refractivity contribution in [3.05, 3.63) is 551 Å². The van der Waals surface area contributed by atoms with Gasteiger partial charge in [-0.25, -0.2) is 0 Å². The number of hydrogen-bond acceptors (Lipinski definition) is 2. The van der Waals surface area contributed by atoms with Crippen LogP contribution in [0.4, 0.5) is 34.1 Å². The summed E-state index contributed by atoms with van der Waals surface area (Å²) in [5.74, 6) is 0. The first-order chi connectivity index (χ1) is 60.3. The minimum Gasteiger partial charge on any atom is -0.310 e.